The molecule has 5 nitrogen and oxygen atoms in total. The van der Waals surface area contributed by atoms with Crippen LogP contribution in [0.4, 0.5) is 13.2 Å². The van der Waals surface area contributed by atoms with Gasteiger partial charge in [0.15, 0.2) is 11.5 Å². The van der Waals surface area contributed by atoms with E-state index in [-0.39, 0.29) is 13.2 Å². The number of hydrogen-bond acceptors (Lipinski definition) is 4. The van der Waals surface area contributed by atoms with Gasteiger partial charge >= 0.3 is 6.18 Å². The van der Waals surface area contributed by atoms with Crippen LogP contribution in [-0.2, 0) is 19.3 Å². The lowest BCUT2D eigenvalue weighted by Crippen LogP contribution is -2.23. The van der Waals surface area contributed by atoms with Crippen LogP contribution in [0.15, 0.2) is 67.0 Å². The molecule has 0 aliphatic heterocycles. The number of ether oxygens (including phenoxy) is 2. The van der Waals surface area contributed by atoms with Gasteiger partial charge in [-0.25, -0.2) is 0 Å². The van der Waals surface area contributed by atoms with E-state index >= 15 is 0 Å². The van der Waals surface area contributed by atoms with Crippen molar-refractivity contribution in [1.29, 1.82) is 0 Å². The topological polar surface area (TPSA) is 60.5 Å². The van der Waals surface area contributed by atoms with Gasteiger partial charge in [0.1, 0.15) is 6.61 Å². The Balaban J connectivity index is 1.67. The monoisotopic (exact) mass is 430 g/mol. The maximum atomic E-state index is 12.8. The van der Waals surface area contributed by atoms with Crippen molar-refractivity contribution in [3.8, 4) is 11.5 Å². The van der Waals surface area contributed by atoms with E-state index in [4.69, 9.17) is 9.47 Å². The van der Waals surface area contributed by atoms with Crippen molar-refractivity contribution in [3.63, 3.8) is 0 Å². The highest BCUT2D eigenvalue weighted by atomic mass is 19.4. The first-order valence-electron chi connectivity index (χ1n) is 9.59. The first-order chi connectivity index (χ1) is 14.9. The minimum Gasteiger partial charge on any atom is -0.490 e. The summed E-state index contributed by atoms with van der Waals surface area (Å²) >= 11 is 0. The Hall–Kier alpha value is -3.55. The van der Waals surface area contributed by atoms with Gasteiger partial charge in [0, 0.05) is 30.1 Å². The molecule has 0 spiro atoms. The maximum absolute atomic E-state index is 12.8. The molecule has 0 saturated carbocycles. The summed E-state index contributed by atoms with van der Waals surface area (Å²) in [6, 6.07) is 13.3. The fourth-order valence-electron chi connectivity index (χ4n) is 2.82. The van der Waals surface area contributed by atoms with Crippen LogP contribution in [0.3, 0.4) is 0 Å². The zero-order chi connectivity index (χ0) is 22.3. The summed E-state index contributed by atoms with van der Waals surface area (Å²) in [4.78, 5) is 16.5. The number of alkyl halides is 3. The first kappa shape index (κ1) is 22.1. The number of amides is 1. The molecule has 0 atom stereocenters. The summed E-state index contributed by atoms with van der Waals surface area (Å²) in [5, 5.41) is 2.63. The van der Waals surface area contributed by atoms with Crippen LogP contribution in [0.25, 0.3) is 0 Å². The quantitative estimate of drug-likeness (QED) is 0.546. The molecule has 3 aromatic rings. The van der Waals surface area contributed by atoms with E-state index in [0.717, 1.165) is 17.7 Å². The Morgan fingerprint density at radius 3 is 2.52 bits per heavy atom. The zero-order valence-electron chi connectivity index (χ0n) is 16.8. The molecule has 0 fully saturated rings. The predicted octanol–water partition coefficient (Wildman–Crippen LogP) is 5.01. The molecule has 0 bridgehead atoms. The van der Waals surface area contributed by atoms with Crippen LogP contribution in [0.5, 0.6) is 11.5 Å². The summed E-state index contributed by atoms with van der Waals surface area (Å²) in [5.74, 6) is 0.440. The standard InChI is InChI=1S/C23H21F3N2O3/c1-2-30-21-12-18(8-9-20(21)31-15-17-6-4-10-27-13-17)22(29)28-14-16-5-3-7-19(11-16)23(24,25)26/h3-13H,2,14-15H2,1H3,(H,28,29). The number of pyridine rings is 1. The molecule has 162 valence electrons. The fourth-order valence-corrected chi connectivity index (χ4v) is 2.82. The zero-order valence-corrected chi connectivity index (χ0v) is 16.8. The summed E-state index contributed by atoms with van der Waals surface area (Å²) < 4.78 is 49.9. The summed E-state index contributed by atoms with van der Waals surface area (Å²) in [5.41, 5.74) is 0.787. The average Bonchev–Trinajstić information content (AvgIpc) is 2.77. The van der Waals surface area contributed by atoms with Crippen LogP contribution < -0.4 is 14.8 Å². The molecule has 3 rings (SSSR count). The minimum absolute atomic E-state index is 0.0357. The molecular formula is C23H21F3N2O3. The summed E-state index contributed by atoms with van der Waals surface area (Å²) in [6.45, 7) is 2.44. The van der Waals surface area contributed by atoms with Gasteiger partial charge in [-0.05, 0) is 48.9 Å². The Morgan fingerprint density at radius 2 is 1.81 bits per heavy atom. The molecule has 0 unspecified atom stereocenters. The van der Waals surface area contributed by atoms with Gasteiger partial charge in [0.2, 0.25) is 0 Å². The summed E-state index contributed by atoms with van der Waals surface area (Å²) in [7, 11) is 0. The van der Waals surface area contributed by atoms with Crippen molar-refractivity contribution in [2.24, 2.45) is 0 Å². The number of carbonyl (C=O) groups is 1. The van der Waals surface area contributed by atoms with Crippen molar-refractivity contribution in [2.45, 2.75) is 26.3 Å². The number of rotatable bonds is 8. The van der Waals surface area contributed by atoms with Crippen molar-refractivity contribution in [2.75, 3.05) is 6.61 Å². The van der Waals surface area contributed by atoms with Crippen molar-refractivity contribution >= 4 is 5.91 Å². The number of benzene rings is 2. The number of halogens is 3. The molecule has 0 aliphatic carbocycles. The second-order valence-electron chi connectivity index (χ2n) is 6.63. The fraction of sp³-hybridized carbons (Fsp3) is 0.217. The molecule has 31 heavy (non-hydrogen) atoms. The van der Waals surface area contributed by atoms with E-state index in [2.05, 4.69) is 10.3 Å². The number of aromatic nitrogens is 1. The van der Waals surface area contributed by atoms with Gasteiger partial charge in [-0.1, -0.05) is 18.2 Å². The van der Waals surface area contributed by atoms with Crippen molar-refractivity contribution < 1.29 is 27.4 Å². The normalized spacial score (nSPS) is 11.1. The average molecular weight is 430 g/mol. The van der Waals surface area contributed by atoms with E-state index < -0.39 is 17.6 Å². The Labute approximate surface area is 177 Å². The maximum Gasteiger partial charge on any atom is 0.416 e. The SMILES string of the molecule is CCOc1cc(C(=O)NCc2cccc(C(F)(F)F)c2)ccc1OCc1cccnc1. The third-order valence-corrected chi connectivity index (χ3v) is 4.33. The van der Waals surface area contributed by atoms with Gasteiger partial charge in [-0.2, -0.15) is 13.2 Å². The van der Waals surface area contributed by atoms with E-state index in [1.807, 2.05) is 13.0 Å². The second-order valence-corrected chi connectivity index (χ2v) is 6.63. The lowest BCUT2D eigenvalue weighted by Gasteiger charge is -2.14. The van der Waals surface area contributed by atoms with Gasteiger partial charge in [0.25, 0.3) is 5.91 Å². The Bertz CT molecular complexity index is 1020. The van der Waals surface area contributed by atoms with Gasteiger partial charge in [0.05, 0.1) is 12.2 Å². The molecule has 1 amide bonds. The Kier molecular flexibility index (Phi) is 7.12. The number of hydrogen-bond donors (Lipinski definition) is 1. The van der Waals surface area contributed by atoms with Crippen molar-refractivity contribution in [1.82, 2.24) is 10.3 Å². The highest BCUT2D eigenvalue weighted by Gasteiger charge is 2.30. The second kappa shape index (κ2) is 9.97. The third-order valence-electron chi connectivity index (χ3n) is 4.33. The largest absolute Gasteiger partial charge is 0.490 e. The molecular weight excluding hydrogens is 409 g/mol. The molecule has 8 heteroatoms. The highest BCUT2D eigenvalue weighted by Crippen LogP contribution is 2.30. The van der Waals surface area contributed by atoms with E-state index in [1.165, 1.54) is 12.1 Å². The first-order valence-corrected chi connectivity index (χ1v) is 9.59. The number of nitrogens with zero attached hydrogens (tertiary/aromatic N) is 1. The van der Waals surface area contributed by atoms with Crippen LogP contribution >= 0.6 is 0 Å². The van der Waals surface area contributed by atoms with Crippen LogP contribution in [-0.4, -0.2) is 17.5 Å². The van der Waals surface area contributed by atoms with Gasteiger partial charge in [-0.3, -0.25) is 9.78 Å². The van der Waals surface area contributed by atoms with Crippen LogP contribution in [0.1, 0.15) is 34.0 Å². The Morgan fingerprint density at radius 1 is 1.00 bits per heavy atom. The number of carbonyl (C=O) groups excluding carboxylic acids is 1. The lowest BCUT2D eigenvalue weighted by atomic mass is 10.1. The predicted molar refractivity (Wildman–Crippen MR) is 109 cm³/mol. The van der Waals surface area contributed by atoms with Gasteiger partial charge in [-0.15, -0.1) is 0 Å². The van der Waals surface area contributed by atoms with Crippen LogP contribution in [0, 0.1) is 0 Å². The molecule has 1 heterocycles. The molecule has 2 aromatic carbocycles. The van der Waals surface area contributed by atoms with Gasteiger partial charge < -0.3 is 14.8 Å². The molecule has 1 aromatic heterocycles. The molecule has 0 aliphatic rings. The molecule has 1 N–H and O–H groups in total. The van der Waals surface area contributed by atoms with Crippen LogP contribution in [0.2, 0.25) is 0 Å². The van der Waals surface area contributed by atoms with E-state index in [9.17, 15) is 18.0 Å². The smallest absolute Gasteiger partial charge is 0.416 e. The highest BCUT2D eigenvalue weighted by molar-refractivity contribution is 5.94. The molecule has 0 radical (unpaired) electrons. The summed E-state index contributed by atoms with van der Waals surface area (Å²) in [6.07, 6.45) is -1.07. The lowest BCUT2D eigenvalue weighted by molar-refractivity contribution is -0.137. The molecule has 0 saturated heterocycles. The third kappa shape index (κ3) is 6.21. The van der Waals surface area contributed by atoms with E-state index in [0.29, 0.717) is 29.2 Å². The van der Waals surface area contributed by atoms with Crippen molar-refractivity contribution in [3.05, 3.63) is 89.2 Å². The number of nitrogens with one attached hydrogen (secondary N) is 1. The van der Waals surface area contributed by atoms with E-state index in [1.54, 1.807) is 36.7 Å². The minimum atomic E-state index is -4.43.